The molecular weight excluding hydrogens is 288 g/mol. The van der Waals surface area contributed by atoms with Crippen molar-refractivity contribution in [2.75, 3.05) is 26.8 Å². The maximum atomic E-state index is 12.1. The Morgan fingerprint density at radius 1 is 1.32 bits per heavy atom. The van der Waals surface area contributed by atoms with Crippen LogP contribution >= 0.6 is 0 Å². The normalized spacial score (nSPS) is 15.3. The molecule has 1 aromatic heterocycles. The van der Waals surface area contributed by atoms with Crippen molar-refractivity contribution in [3.8, 4) is 6.01 Å². The van der Waals surface area contributed by atoms with Crippen molar-refractivity contribution in [2.24, 2.45) is 0 Å². The zero-order valence-corrected chi connectivity index (χ0v) is 12.7. The van der Waals surface area contributed by atoms with E-state index >= 15 is 0 Å². The zero-order chi connectivity index (χ0) is 15.9. The SMILES string of the molecule is CCOC(=O)N1CCC(NC(=O)c2cnc(OC)nc2)CC1. The Hall–Kier alpha value is -2.38. The van der Waals surface area contributed by atoms with Crippen LogP contribution < -0.4 is 10.1 Å². The molecule has 1 N–H and O–H groups in total. The Balaban J connectivity index is 1.82. The molecule has 8 heteroatoms. The van der Waals surface area contributed by atoms with Crippen molar-refractivity contribution in [3.63, 3.8) is 0 Å². The maximum Gasteiger partial charge on any atom is 0.409 e. The fraction of sp³-hybridized carbons (Fsp3) is 0.571. The summed E-state index contributed by atoms with van der Waals surface area (Å²) in [4.78, 5) is 33.2. The van der Waals surface area contributed by atoms with Gasteiger partial charge in [0.15, 0.2) is 0 Å². The smallest absolute Gasteiger partial charge is 0.409 e. The first-order chi connectivity index (χ1) is 10.6. The molecule has 0 spiro atoms. The monoisotopic (exact) mass is 308 g/mol. The molecule has 1 aromatic rings. The summed E-state index contributed by atoms with van der Waals surface area (Å²) in [5.74, 6) is -0.225. The minimum absolute atomic E-state index is 0.0280. The van der Waals surface area contributed by atoms with Crippen LogP contribution in [0.3, 0.4) is 0 Å². The number of rotatable bonds is 4. The molecule has 120 valence electrons. The van der Waals surface area contributed by atoms with Gasteiger partial charge in [0.2, 0.25) is 0 Å². The predicted molar refractivity (Wildman–Crippen MR) is 77.7 cm³/mol. The topological polar surface area (TPSA) is 93.7 Å². The van der Waals surface area contributed by atoms with Crippen molar-refractivity contribution in [2.45, 2.75) is 25.8 Å². The molecular formula is C14H20N4O4. The highest BCUT2D eigenvalue weighted by atomic mass is 16.6. The predicted octanol–water partition coefficient (Wildman–Crippen LogP) is 0.836. The number of nitrogens with zero attached hydrogens (tertiary/aromatic N) is 3. The van der Waals surface area contributed by atoms with Gasteiger partial charge in [-0.15, -0.1) is 0 Å². The molecule has 0 saturated carbocycles. The van der Waals surface area contributed by atoms with E-state index < -0.39 is 0 Å². The summed E-state index contributed by atoms with van der Waals surface area (Å²) in [7, 11) is 1.46. The second-order valence-electron chi connectivity index (χ2n) is 4.89. The molecule has 22 heavy (non-hydrogen) atoms. The lowest BCUT2D eigenvalue weighted by atomic mass is 10.1. The highest BCUT2D eigenvalue weighted by Gasteiger charge is 2.24. The molecule has 2 rings (SSSR count). The first-order valence-corrected chi connectivity index (χ1v) is 7.22. The van der Waals surface area contributed by atoms with Crippen LogP contribution in [-0.4, -0.2) is 59.7 Å². The maximum absolute atomic E-state index is 12.1. The number of amides is 2. The molecule has 1 fully saturated rings. The second kappa shape index (κ2) is 7.58. The number of ether oxygens (including phenoxy) is 2. The number of hydrogen-bond donors (Lipinski definition) is 1. The lowest BCUT2D eigenvalue weighted by molar-refractivity contribution is 0.0859. The quantitative estimate of drug-likeness (QED) is 0.885. The van der Waals surface area contributed by atoms with Gasteiger partial charge < -0.3 is 19.7 Å². The number of methoxy groups -OCH3 is 1. The molecule has 0 aromatic carbocycles. The largest absolute Gasteiger partial charge is 0.467 e. The molecule has 8 nitrogen and oxygen atoms in total. The highest BCUT2D eigenvalue weighted by molar-refractivity contribution is 5.93. The summed E-state index contributed by atoms with van der Waals surface area (Å²) in [5, 5.41) is 2.93. The number of carbonyl (C=O) groups excluding carboxylic acids is 2. The Labute approximate surface area is 128 Å². The van der Waals surface area contributed by atoms with Gasteiger partial charge in [-0.2, -0.15) is 0 Å². The van der Waals surface area contributed by atoms with E-state index in [1.165, 1.54) is 19.5 Å². The summed E-state index contributed by atoms with van der Waals surface area (Å²) in [6.07, 6.45) is 3.95. The second-order valence-corrected chi connectivity index (χ2v) is 4.89. The van der Waals surface area contributed by atoms with E-state index in [0.717, 1.165) is 0 Å². The lowest BCUT2D eigenvalue weighted by Crippen LogP contribution is -2.46. The van der Waals surface area contributed by atoms with Gasteiger partial charge in [0.1, 0.15) is 0 Å². The number of hydrogen-bond acceptors (Lipinski definition) is 6. The van der Waals surface area contributed by atoms with Crippen LogP contribution in [0, 0.1) is 0 Å². The standard InChI is InChI=1S/C14H20N4O4/c1-3-22-14(20)18-6-4-11(5-7-18)17-12(19)10-8-15-13(21-2)16-9-10/h8-9,11H,3-7H2,1-2H3,(H,17,19). The fourth-order valence-electron chi connectivity index (χ4n) is 2.23. The molecule has 1 saturated heterocycles. The highest BCUT2D eigenvalue weighted by Crippen LogP contribution is 2.12. The van der Waals surface area contributed by atoms with Crippen LogP contribution in [-0.2, 0) is 4.74 Å². The first-order valence-electron chi connectivity index (χ1n) is 7.22. The molecule has 2 amide bonds. The minimum Gasteiger partial charge on any atom is -0.467 e. The Morgan fingerprint density at radius 2 is 1.95 bits per heavy atom. The summed E-state index contributed by atoms with van der Waals surface area (Å²) in [6.45, 7) is 3.29. The van der Waals surface area contributed by atoms with Crippen molar-refractivity contribution >= 4 is 12.0 Å². The Morgan fingerprint density at radius 3 is 2.50 bits per heavy atom. The van der Waals surface area contributed by atoms with Crippen LogP contribution in [0.5, 0.6) is 6.01 Å². The number of aromatic nitrogens is 2. The minimum atomic E-state index is -0.296. The van der Waals surface area contributed by atoms with Crippen molar-refractivity contribution in [1.82, 2.24) is 20.2 Å². The van der Waals surface area contributed by atoms with Gasteiger partial charge in [-0.1, -0.05) is 0 Å². The van der Waals surface area contributed by atoms with E-state index in [-0.39, 0.29) is 24.1 Å². The van der Waals surface area contributed by atoms with Crippen molar-refractivity contribution < 1.29 is 19.1 Å². The van der Waals surface area contributed by atoms with E-state index in [1.54, 1.807) is 11.8 Å². The summed E-state index contributed by atoms with van der Waals surface area (Å²) < 4.78 is 9.81. The molecule has 1 aliphatic heterocycles. The van der Waals surface area contributed by atoms with Crippen LogP contribution in [0.4, 0.5) is 4.79 Å². The molecule has 0 radical (unpaired) electrons. The van der Waals surface area contributed by atoms with Gasteiger partial charge in [-0.3, -0.25) is 4.79 Å². The zero-order valence-electron chi connectivity index (χ0n) is 12.7. The number of nitrogens with one attached hydrogen (secondary N) is 1. The van der Waals surface area contributed by atoms with Crippen LogP contribution in [0.15, 0.2) is 12.4 Å². The van der Waals surface area contributed by atoms with E-state index in [1.807, 2.05) is 0 Å². The van der Waals surface area contributed by atoms with Crippen LogP contribution in [0.1, 0.15) is 30.1 Å². The third-order valence-electron chi connectivity index (χ3n) is 3.43. The van der Waals surface area contributed by atoms with E-state index in [2.05, 4.69) is 15.3 Å². The average Bonchev–Trinajstić information content (AvgIpc) is 2.55. The first kappa shape index (κ1) is 16.0. The average molecular weight is 308 g/mol. The molecule has 0 bridgehead atoms. The number of carbonyl (C=O) groups is 2. The number of piperidine rings is 1. The third kappa shape index (κ3) is 4.06. The van der Waals surface area contributed by atoms with E-state index in [9.17, 15) is 9.59 Å². The van der Waals surface area contributed by atoms with Crippen LogP contribution in [0.2, 0.25) is 0 Å². The molecule has 0 unspecified atom stereocenters. The van der Waals surface area contributed by atoms with E-state index in [4.69, 9.17) is 9.47 Å². The molecule has 2 heterocycles. The summed E-state index contributed by atoms with van der Waals surface area (Å²) >= 11 is 0. The number of likely N-dealkylation sites (tertiary alicyclic amines) is 1. The molecule has 1 aliphatic rings. The van der Waals surface area contributed by atoms with E-state index in [0.29, 0.717) is 38.1 Å². The third-order valence-corrected chi connectivity index (χ3v) is 3.43. The summed E-state index contributed by atoms with van der Waals surface area (Å²) in [5.41, 5.74) is 0.383. The molecule has 0 atom stereocenters. The summed E-state index contributed by atoms with van der Waals surface area (Å²) in [6, 6.07) is 0.250. The van der Waals surface area contributed by atoms with Gasteiger partial charge in [0.05, 0.1) is 19.3 Å². The Kier molecular flexibility index (Phi) is 5.51. The van der Waals surface area contributed by atoms with Crippen molar-refractivity contribution in [1.29, 1.82) is 0 Å². The van der Waals surface area contributed by atoms with Gasteiger partial charge in [0.25, 0.3) is 5.91 Å². The van der Waals surface area contributed by atoms with Crippen molar-refractivity contribution in [3.05, 3.63) is 18.0 Å². The van der Waals surface area contributed by atoms with Gasteiger partial charge in [-0.25, -0.2) is 14.8 Å². The molecule has 0 aliphatic carbocycles. The van der Waals surface area contributed by atoms with Crippen LogP contribution in [0.25, 0.3) is 0 Å². The fourth-order valence-corrected chi connectivity index (χ4v) is 2.23. The van der Waals surface area contributed by atoms with Gasteiger partial charge in [-0.05, 0) is 19.8 Å². The Bertz CT molecular complexity index is 512. The van der Waals surface area contributed by atoms with Gasteiger partial charge >= 0.3 is 12.1 Å². The lowest BCUT2D eigenvalue weighted by Gasteiger charge is -2.31. The van der Waals surface area contributed by atoms with Gasteiger partial charge in [0, 0.05) is 31.5 Å².